The lowest BCUT2D eigenvalue weighted by Gasteiger charge is -2.02. The van der Waals surface area contributed by atoms with Crippen molar-refractivity contribution in [2.24, 2.45) is 7.05 Å². The van der Waals surface area contributed by atoms with Crippen molar-refractivity contribution < 1.29 is 0 Å². The predicted octanol–water partition coefficient (Wildman–Crippen LogP) is -0.782. The third-order valence-corrected chi connectivity index (χ3v) is 1.79. The van der Waals surface area contributed by atoms with Crippen molar-refractivity contribution in [3.63, 3.8) is 0 Å². The first kappa shape index (κ1) is 8.58. The van der Waals surface area contributed by atoms with Gasteiger partial charge in [-0.2, -0.15) is 0 Å². The summed E-state index contributed by atoms with van der Waals surface area (Å²) in [6.07, 6.45) is 0.523. The topological polar surface area (TPSA) is 80.9 Å². The Morgan fingerprint density at radius 1 is 1.50 bits per heavy atom. The summed E-state index contributed by atoms with van der Waals surface area (Å²) in [4.78, 5) is 24.6. The second-order valence-electron chi connectivity index (χ2n) is 2.54. The highest BCUT2D eigenvalue weighted by molar-refractivity contribution is 5.36. The van der Waals surface area contributed by atoms with Crippen molar-refractivity contribution in [1.29, 1.82) is 0 Å². The molecule has 0 bridgehead atoms. The zero-order chi connectivity index (χ0) is 9.30. The molecule has 1 aromatic rings. The highest BCUT2D eigenvalue weighted by atomic mass is 16.2. The average molecular weight is 169 g/mol. The molecule has 1 rings (SSSR count). The molecular weight excluding hydrogens is 158 g/mol. The molecule has 0 atom stereocenters. The Kier molecular flexibility index (Phi) is 2.03. The molecule has 0 saturated carbocycles. The lowest BCUT2D eigenvalue weighted by molar-refractivity contribution is 0.760. The molecule has 0 aliphatic carbocycles. The van der Waals surface area contributed by atoms with E-state index in [-0.39, 0.29) is 11.4 Å². The highest BCUT2D eigenvalue weighted by Gasteiger charge is 2.06. The van der Waals surface area contributed by atoms with E-state index in [4.69, 9.17) is 5.73 Å². The van der Waals surface area contributed by atoms with Gasteiger partial charge in [-0.05, 0) is 6.42 Å². The molecule has 0 saturated heterocycles. The third kappa shape index (κ3) is 1.13. The Balaban J connectivity index is 3.63. The van der Waals surface area contributed by atoms with Gasteiger partial charge in [-0.25, -0.2) is 4.79 Å². The Labute approximate surface area is 68.8 Å². The van der Waals surface area contributed by atoms with Crippen molar-refractivity contribution in [2.75, 3.05) is 5.73 Å². The summed E-state index contributed by atoms with van der Waals surface area (Å²) in [5.41, 5.74) is 5.09. The number of nitrogen functional groups attached to an aromatic ring is 1. The summed E-state index contributed by atoms with van der Waals surface area (Å²) in [5, 5.41) is 0. The fraction of sp³-hybridized carbons (Fsp3) is 0.429. The first-order valence-electron chi connectivity index (χ1n) is 3.65. The predicted molar refractivity (Wildman–Crippen MR) is 46.1 cm³/mol. The van der Waals surface area contributed by atoms with Crippen LogP contribution in [-0.4, -0.2) is 9.55 Å². The molecule has 3 N–H and O–H groups in total. The first-order valence-corrected chi connectivity index (χ1v) is 3.65. The van der Waals surface area contributed by atoms with Crippen LogP contribution in [-0.2, 0) is 13.5 Å². The fourth-order valence-electron chi connectivity index (χ4n) is 1.03. The molecule has 0 radical (unpaired) electrons. The number of aromatic nitrogens is 2. The molecule has 0 aromatic carbocycles. The van der Waals surface area contributed by atoms with Crippen LogP contribution in [0.4, 0.5) is 5.82 Å². The van der Waals surface area contributed by atoms with E-state index in [9.17, 15) is 9.59 Å². The van der Waals surface area contributed by atoms with Gasteiger partial charge in [-0.1, -0.05) is 6.92 Å². The number of H-pyrrole nitrogens is 1. The molecule has 0 unspecified atom stereocenters. The monoisotopic (exact) mass is 169 g/mol. The van der Waals surface area contributed by atoms with E-state index in [1.807, 2.05) is 6.92 Å². The van der Waals surface area contributed by atoms with Crippen LogP contribution in [0.1, 0.15) is 12.5 Å². The van der Waals surface area contributed by atoms with E-state index in [0.29, 0.717) is 12.0 Å². The maximum atomic E-state index is 11.3. The van der Waals surface area contributed by atoms with E-state index < -0.39 is 5.69 Å². The van der Waals surface area contributed by atoms with Crippen LogP contribution in [0.15, 0.2) is 9.59 Å². The summed E-state index contributed by atoms with van der Waals surface area (Å²) >= 11 is 0. The van der Waals surface area contributed by atoms with Gasteiger partial charge in [0.1, 0.15) is 5.82 Å². The van der Waals surface area contributed by atoms with Crippen LogP contribution in [0, 0.1) is 0 Å². The van der Waals surface area contributed by atoms with Gasteiger partial charge >= 0.3 is 5.69 Å². The fourth-order valence-corrected chi connectivity index (χ4v) is 1.03. The molecule has 0 spiro atoms. The second kappa shape index (κ2) is 2.84. The van der Waals surface area contributed by atoms with E-state index >= 15 is 0 Å². The number of hydrogen-bond acceptors (Lipinski definition) is 3. The van der Waals surface area contributed by atoms with Gasteiger partial charge in [0.25, 0.3) is 5.56 Å². The van der Waals surface area contributed by atoms with Crippen molar-refractivity contribution in [1.82, 2.24) is 9.55 Å². The minimum absolute atomic E-state index is 0.172. The Bertz CT molecular complexity index is 402. The summed E-state index contributed by atoms with van der Waals surface area (Å²) in [6, 6.07) is 0. The molecule has 0 amide bonds. The smallest absolute Gasteiger partial charge is 0.329 e. The Hall–Kier alpha value is -1.52. The Morgan fingerprint density at radius 3 is 2.58 bits per heavy atom. The first-order chi connectivity index (χ1) is 5.57. The summed E-state index contributed by atoms with van der Waals surface area (Å²) < 4.78 is 1.01. The molecule has 0 aliphatic heterocycles. The number of nitrogens with two attached hydrogens (primary N) is 1. The van der Waals surface area contributed by atoms with Crippen LogP contribution in [0.2, 0.25) is 0 Å². The van der Waals surface area contributed by atoms with E-state index in [2.05, 4.69) is 4.98 Å². The molecule has 12 heavy (non-hydrogen) atoms. The summed E-state index contributed by atoms with van der Waals surface area (Å²) in [5.74, 6) is 0.172. The van der Waals surface area contributed by atoms with Gasteiger partial charge in [0.2, 0.25) is 0 Å². The minimum Gasteiger partial charge on any atom is -0.385 e. The SMILES string of the molecule is CCc1c(N)[nH]c(=O)n(C)c1=O. The number of hydrogen-bond donors (Lipinski definition) is 2. The largest absolute Gasteiger partial charge is 0.385 e. The minimum atomic E-state index is -0.477. The zero-order valence-electron chi connectivity index (χ0n) is 7.05. The Morgan fingerprint density at radius 2 is 2.08 bits per heavy atom. The van der Waals surface area contributed by atoms with Crippen molar-refractivity contribution in [3.05, 3.63) is 26.4 Å². The average Bonchev–Trinajstić information content (AvgIpc) is 2.01. The molecule has 0 aliphatic rings. The van der Waals surface area contributed by atoms with Gasteiger partial charge in [-0.15, -0.1) is 0 Å². The number of nitrogens with zero attached hydrogens (tertiary/aromatic N) is 1. The van der Waals surface area contributed by atoms with Crippen LogP contribution in [0.25, 0.3) is 0 Å². The van der Waals surface area contributed by atoms with Crippen LogP contribution >= 0.6 is 0 Å². The quantitative estimate of drug-likeness (QED) is 0.578. The number of nitrogens with one attached hydrogen (secondary N) is 1. The molecule has 1 heterocycles. The normalized spacial score (nSPS) is 10.2. The second-order valence-corrected chi connectivity index (χ2v) is 2.54. The van der Waals surface area contributed by atoms with E-state index in [1.54, 1.807) is 0 Å². The van der Waals surface area contributed by atoms with Crippen LogP contribution in [0.3, 0.4) is 0 Å². The van der Waals surface area contributed by atoms with Gasteiger partial charge in [0.05, 0.1) is 5.56 Å². The zero-order valence-corrected chi connectivity index (χ0v) is 7.05. The van der Waals surface area contributed by atoms with Gasteiger partial charge in [-0.3, -0.25) is 14.3 Å². The number of aromatic amines is 1. The van der Waals surface area contributed by atoms with E-state index in [1.165, 1.54) is 7.05 Å². The van der Waals surface area contributed by atoms with Crippen molar-refractivity contribution in [3.8, 4) is 0 Å². The lowest BCUT2D eigenvalue weighted by Crippen LogP contribution is -2.35. The highest BCUT2D eigenvalue weighted by Crippen LogP contribution is 1.98. The molecule has 0 fully saturated rings. The number of rotatable bonds is 1. The van der Waals surface area contributed by atoms with Crippen molar-refractivity contribution >= 4 is 5.82 Å². The summed E-state index contributed by atoms with van der Waals surface area (Å²) in [6.45, 7) is 1.81. The lowest BCUT2D eigenvalue weighted by atomic mass is 10.2. The molecule has 5 nitrogen and oxygen atoms in total. The van der Waals surface area contributed by atoms with Crippen molar-refractivity contribution in [2.45, 2.75) is 13.3 Å². The maximum Gasteiger partial charge on any atom is 0.329 e. The van der Waals surface area contributed by atoms with Gasteiger partial charge in [0.15, 0.2) is 0 Å². The standard InChI is InChI=1S/C7H11N3O2/c1-3-4-5(8)9-7(12)10(2)6(4)11/h3,8H2,1-2H3,(H,9,12). The van der Waals surface area contributed by atoms with Crippen LogP contribution in [0.5, 0.6) is 0 Å². The number of anilines is 1. The molecule has 1 aromatic heterocycles. The van der Waals surface area contributed by atoms with Crippen LogP contribution < -0.4 is 17.0 Å². The van der Waals surface area contributed by atoms with Gasteiger partial charge in [0, 0.05) is 7.05 Å². The van der Waals surface area contributed by atoms with Gasteiger partial charge < -0.3 is 5.73 Å². The molecule has 66 valence electrons. The molecule has 5 heteroatoms. The maximum absolute atomic E-state index is 11.3. The summed E-state index contributed by atoms with van der Waals surface area (Å²) in [7, 11) is 1.42. The van der Waals surface area contributed by atoms with E-state index in [0.717, 1.165) is 4.57 Å². The molecular formula is C7H11N3O2. The third-order valence-electron chi connectivity index (χ3n) is 1.79.